The highest BCUT2D eigenvalue weighted by atomic mass is 31.1. The zero-order chi connectivity index (χ0) is 18.3. The minimum atomic E-state index is 0.0529. The van der Waals surface area contributed by atoms with Gasteiger partial charge in [0.05, 0.1) is 0 Å². The second kappa shape index (κ2) is 10.9. The van der Waals surface area contributed by atoms with E-state index in [2.05, 4.69) is 90.6 Å². The first-order valence-electron chi connectivity index (χ1n) is 9.50. The summed E-state index contributed by atoms with van der Waals surface area (Å²) in [5, 5.41) is 0. The molecule has 1 nitrogen and oxygen atoms in total. The number of nitrogens with zero attached hydrogens (tertiary/aromatic N) is 1. The average Bonchev–Trinajstić information content (AvgIpc) is 2.49. The van der Waals surface area contributed by atoms with Gasteiger partial charge < -0.3 is 0 Å². The molecule has 0 atom stereocenters. The Labute approximate surface area is 154 Å². The van der Waals surface area contributed by atoms with Gasteiger partial charge in [-0.2, -0.15) is 0 Å². The molecule has 0 aliphatic rings. The van der Waals surface area contributed by atoms with Gasteiger partial charge in [0.2, 0.25) is 0 Å². The molecule has 0 N–H and O–H groups in total. The van der Waals surface area contributed by atoms with Crippen LogP contribution in [0.3, 0.4) is 0 Å². The number of hydrogen-bond donors (Lipinski definition) is 0. The van der Waals surface area contributed by atoms with Gasteiger partial charge in [-0.25, -0.2) is 0 Å². The fraction of sp³-hybridized carbons (Fsp3) is 0.714. The number of benzene rings is 1. The fourth-order valence-electron chi connectivity index (χ4n) is 3.29. The lowest BCUT2D eigenvalue weighted by atomic mass is 10.2. The SMILES string of the molecule is CC(C)P(CN(Cc1ccccc1)CP(C(C)C)C(C)C)C(C)C. The molecule has 0 aliphatic heterocycles. The lowest BCUT2D eigenvalue weighted by molar-refractivity contribution is 0.360. The minimum absolute atomic E-state index is 0.0529. The normalized spacial score (nSPS) is 12.8. The average molecular weight is 367 g/mol. The van der Waals surface area contributed by atoms with Crippen molar-refractivity contribution in [2.45, 2.75) is 84.6 Å². The zero-order valence-corrected chi connectivity index (χ0v) is 18.9. The lowest BCUT2D eigenvalue weighted by Gasteiger charge is -2.37. The molecule has 0 aromatic heterocycles. The van der Waals surface area contributed by atoms with Crippen LogP contribution in [0, 0.1) is 0 Å². The van der Waals surface area contributed by atoms with E-state index in [4.69, 9.17) is 0 Å². The van der Waals surface area contributed by atoms with Crippen LogP contribution in [0.5, 0.6) is 0 Å². The smallest absolute Gasteiger partial charge is 0.0241 e. The lowest BCUT2D eigenvalue weighted by Crippen LogP contribution is -2.29. The van der Waals surface area contributed by atoms with Gasteiger partial charge in [0.15, 0.2) is 0 Å². The Morgan fingerprint density at radius 2 is 1.04 bits per heavy atom. The summed E-state index contributed by atoms with van der Waals surface area (Å²) >= 11 is 0. The van der Waals surface area contributed by atoms with E-state index < -0.39 is 0 Å². The van der Waals surface area contributed by atoms with E-state index in [1.54, 1.807) is 0 Å². The Bertz CT molecular complexity index is 404. The van der Waals surface area contributed by atoms with Gasteiger partial charge >= 0.3 is 0 Å². The van der Waals surface area contributed by atoms with Crippen molar-refractivity contribution in [2.75, 3.05) is 12.6 Å². The van der Waals surface area contributed by atoms with Gasteiger partial charge in [-0.05, 0) is 28.2 Å². The molecule has 1 aromatic carbocycles. The summed E-state index contributed by atoms with van der Waals surface area (Å²) in [6.07, 6.45) is 2.58. The molecule has 0 spiro atoms. The molecule has 0 unspecified atom stereocenters. The monoisotopic (exact) mass is 367 g/mol. The summed E-state index contributed by atoms with van der Waals surface area (Å²) in [4.78, 5) is 2.78. The Kier molecular flexibility index (Phi) is 10.0. The highest BCUT2D eigenvalue weighted by Crippen LogP contribution is 2.50. The van der Waals surface area contributed by atoms with Crippen molar-refractivity contribution in [3.05, 3.63) is 35.9 Å². The molecule has 1 aromatic rings. The van der Waals surface area contributed by atoms with E-state index in [9.17, 15) is 0 Å². The fourth-order valence-corrected chi connectivity index (χ4v) is 8.47. The van der Waals surface area contributed by atoms with Crippen LogP contribution in [0.1, 0.15) is 61.0 Å². The quantitative estimate of drug-likeness (QED) is 0.402. The molecule has 1 rings (SSSR count). The highest BCUT2D eigenvalue weighted by molar-refractivity contribution is 7.60. The zero-order valence-electron chi connectivity index (χ0n) is 17.2. The maximum atomic E-state index is 2.78. The van der Waals surface area contributed by atoms with E-state index in [1.807, 2.05) is 0 Å². The molecule has 0 saturated carbocycles. The first-order valence-corrected chi connectivity index (χ1v) is 12.8. The standard InChI is InChI=1S/C21H39NP2/c1-17(2)23(18(3)4)15-22(14-21-12-10-9-11-13-21)16-24(19(5)6)20(7)8/h9-13,17-20H,14-16H2,1-8H3. The van der Waals surface area contributed by atoms with Crippen molar-refractivity contribution in [1.82, 2.24) is 4.90 Å². The highest BCUT2D eigenvalue weighted by Gasteiger charge is 2.24. The van der Waals surface area contributed by atoms with Crippen molar-refractivity contribution in [1.29, 1.82) is 0 Å². The summed E-state index contributed by atoms with van der Waals surface area (Å²) in [6, 6.07) is 11.0. The van der Waals surface area contributed by atoms with Crippen LogP contribution in [0.25, 0.3) is 0 Å². The van der Waals surface area contributed by atoms with Crippen molar-refractivity contribution in [3.63, 3.8) is 0 Å². The van der Waals surface area contributed by atoms with E-state index in [0.29, 0.717) is 0 Å². The molecule has 0 heterocycles. The third kappa shape index (κ3) is 7.51. The maximum Gasteiger partial charge on any atom is 0.0241 e. The van der Waals surface area contributed by atoms with Crippen molar-refractivity contribution in [3.8, 4) is 0 Å². The van der Waals surface area contributed by atoms with E-state index >= 15 is 0 Å². The van der Waals surface area contributed by atoms with Gasteiger partial charge in [-0.15, -0.1) is 0 Å². The first kappa shape index (κ1) is 22.1. The molecule has 0 saturated heterocycles. The first-order chi connectivity index (χ1) is 11.2. The molecule has 24 heavy (non-hydrogen) atoms. The molecular formula is C21H39NP2. The molecule has 0 bridgehead atoms. The summed E-state index contributed by atoms with van der Waals surface area (Å²) in [6.45, 7) is 20.4. The summed E-state index contributed by atoms with van der Waals surface area (Å²) < 4.78 is 0. The second-order valence-corrected chi connectivity index (χ2v) is 14.8. The summed E-state index contributed by atoms with van der Waals surface area (Å²) in [5.41, 5.74) is 4.69. The Balaban J connectivity index is 2.93. The number of rotatable bonds is 10. The van der Waals surface area contributed by atoms with Crippen molar-refractivity contribution < 1.29 is 0 Å². The van der Waals surface area contributed by atoms with Crippen LogP contribution in [0.4, 0.5) is 0 Å². The van der Waals surface area contributed by atoms with Crippen LogP contribution < -0.4 is 0 Å². The van der Waals surface area contributed by atoms with E-state index in [-0.39, 0.29) is 15.8 Å². The van der Waals surface area contributed by atoms with Crippen LogP contribution in [-0.4, -0.2) is 40.1 Å². The van der Waals surface area contributed by atoms with Gasteiger partial charge in [-0.1, -0.05) is 102 Å². The van der Waals surface area contributed by atoms with Gasteiger partial charge in [-0.3, -0.25) is 4.90 Å². The topological polar surface area (TPSA) is 3.24 Å². The van der Waals surface area contributed by atoms with Crippen molar-refractivity contribution >= 4 is 15.8 Å². The van der Waals surface area contributed by atoms with Crippen LogP contribution in [0.15, 0.2) is 30.3 Å². The predicted octanol–water partition coefficient (Wildman–Crippen LogP) is 7.00. The molecule has 3 heteroatoms. The molecule has 0 radical (unpaired) electrons. The minimum Gasteiger partial charge on any atom is -0.291 e. The Morgan fingerprint density at radius 3 is 1.38 bits per heavy atom. The summed E-state index contributed by atoms with van der Waals surface area (Å²) in [5.74, 6) is 0. The van der Waals surface area contributed by atoms with Gasteiger partial charge in [0.1, 0.15) is 0 Å². The molecule has 138 valence electrons. The van der Waals surface area contributed by atoms with Crippen molar-refractivity contribution in [2.24, 2.45) is 0 Å². The maximum absolute atomic E-state index is 2.78. The molecule has 0 amide bonds. The Morgan fingerprint density at radius 1 is 0.667 bits per heavy atom. The van der Waals surface area contributed by atoms with E-state index in [0.717, 1.165) is 29.2 Å². The Hall–Kier alpha value is 0.0400. The van der Waals surface area contributed by atoms with Crippen LogP contribution in [0.2, 0.25) is 0 Å². The third-order valence-electron chi connectivity index (χ3n) is 4.63. The predicted molar refractivity (Wildman–Crippen MR) is 116 cm³/mol. The van der Waals surface area contributed by atoms with Gasteiger partial charge in [0.25, 0.3) is 0 Å². The molecular weight excluding hydrogens is 328 g/mol. The van der Waals surface area contributed by atoms with E-state index in [1.165, 1.54) is 18.1 Å². The molecule has 0 aliphatic carbocycles. The second-order valence-electron chi connectivity index (χ2n) is 8.00. The largest absolute Gasteiger partial charge is 0.291 e. The molecule has 0 fully saturated rings. The summed E-state index contributed by atoms with van der Waals surface area (Å²) in [7, 11) is 0.106. The van der Waals surface area contributed by atoms with Crippen LogP contribution >= 0.6 is 15.8 Å². The third-order valence-corrected chi connectivity index (χ3v) is 11.4. The number of hydrogen-bond acceptors (Lipinski definition) is 1. The van der Waals surface area contributed by atoms with Crippen LogP contribution in [-0.2, 0) is 6.54 Å². The van der Waals surface area contributed by atoms with Gasteiger partial charge in [0, 0.05) is 19.1 Å².